The van der Waals surface area contributed by atoms with Crippen LogP contribution >= 0.6 is 0 Å². The van der Waals surface area contributed by atoms with Crippen LogP contribution in [0.25, 0.3) is 0 Å². The van der Waals surface area contributed by atoms with Crippen molar-refractivity contribution in [2.45, 2.75) is 32.2 Å². The summed E-state index contributed by atoms with van der Waals surface area (Å²) in [7, 11) is 0. The van der Waals surface area contributed by atoms with Gasteiger partial charge in [-0.15, -0.1) is 0 Å². The van der Waals surface area contributed by atoms with Crippen LogP contribution in [0.1, 0.15) is 31.9 Å². The van der Waals surface area contributed by atoms with Gasteiger partial charge in [0.15, 0.2) is 0 Å². The minimum Gasteiger partial charge on any atom is -0.264 e. The van der Waals surface area contributed by atoms with Gasteiger partial charge in [0.05, 0.1) is 17.0 Å². The Morgan fingerprint density at radius 3 is 2.25 bits per heavy atom. The van der Waals surface area contributed by atoms with Gasteiger partial charge < -0.3 is 0 Å². The molecular formula is C12H14N2O2. The van der Waals surface area contributed by atoms with Crippen LogP contribution in [0.5, 0.6) is 0 Å². The zero-order valence-electron chi connectivity index (χ0n) is 9.60. The van der Waals surface area contributed by atoms with Gasteiger partial charge in [-0.05, 0) is 31.5 Å². The molecular weight excluding hydrogens is 204 g/mol. The maximum absolute atomic E-state index is 10.8. The molecule has 0 fully saturated rings. The molecule has 1 rings (SSSR count). The van der Waals surface area contributed by atoms with E-state index in [0.29, 0.717) is 5.56 Å². The summed E-state index contributed by atoms with van der Waals surface area (Å²) in [6.07, 6.45) is 0. The molecule has 0 aliphatic heterocycles. The summed E-state index contributed by atoms with van der Waals surface area (Å²) >= 11 is 0. The van der Waals surface area contributed by atoms with Crippen LogP contribution in [0.2, 0.25) is 0 Å². The third-order valence-electron chi connectivity index (χ3n) is 3.12. The average molecular weight is 218 g/mol. The lowest BCUT2D eigenvalue weighted by Crippen LogP contribution is -2.37. The van der Waals surface area contributed by atoms with Crippen molar-refractivity contribution in [3.63, 3.8) is 0 Å². The van der Waals surface area contributed by atoms with Crippen molar-refractivity contribution in [1.82, 2.24) is 0 Å². The molecule has 0 aromatic heterocycles. The SMILES string of the molecule is CC([N+](=O)[O-])C(C)(C)c1ccc(C#N)cc1. The van der Waals surface area contributed by atoms with E-state index in [-0.39, 0.29) is 4.92 Å². The van der Waals surface area contributed by atoms with Gasteiger partial charge in [0.2, 0.25) is 6.04 Å². The summed E-state index contributed by atoms with van der Waals surface area (Å²) in [5.41, 5.74) is 0.890. The molecule has 0 radical (unpaired) electrons. The van der Waals surface area contributed by atoms with Crippen LogP contribution in [-0.2, 0) is 5.41 Å². The first-order valence-electron chi connectivity index (χ1n) is 5.03. The third-order valence-corrected chi connectivity index (χ3v) is 3.12. The van der Waals surface area contributed by atoms with E-state index in [4.69, 9.17) is 5.26 Å². The molecule has 0 saturated carbocycles. The summed E-state index contributed by atoms with van der Waals surface area (Å²) in [4.78, 5) is 10.5. The Balaban J connectivity index is 3.07. The molecule has 4 heteroatoms. The molecule has 0 bridgehead atoms. The van der Waals surface area contributed by atoms with Gasteiger partial charge in [0.25, 0.3) is 0 Å². The molecule has 1 aromatic rings. The molecule has 0 aliphatic rings. The first-order valence-corrected chi connectivity index (χ1v) is 5.03. The highest BCUT2D eigenvalue weighted by Gasteiger charge is 2.36. The van der Waals surface area contributed by atoms with Crippen molar-refractivity contribution in [2.75, 3.05) is 0 Å². The predicted molar refractivity (Wildman–Crippen MR) is 60.6 cm³/mol. The first kappa shape index (κ1) is 12.2. The number of rotatable bonds is 3. The van der Waals surface area contributed by atoms with E-state index in [1.54, 1.807) is 31.2 Å². The Morgan fingerprint density at radius 1 is 1.38 bits per heavy atom. The number of hydrogen-bond acceptors (Lipinski definition) is 3. The van der Waals surface area contributed by atoms with Gasteiger partial charge in [-0.1, -0.05) is 12.1 Å². The lowest BCUT2D eigenvalue weighted by atomic mass is 9.78. The van der Waals surface area contributed by atoms with E-state index in [0.717, 1.165) is 5.56 Å². The standard InChI is InChI=1S/C12H14N2O2/c1-9(14(15)16)12(2,3)11-6-4-10(8-13)5-7-11/h4-7,9H,1-3H3. The average Bonchev–Trinajstić information content (AvgIpc) is 2.28. The summed E-state index contributed by atoms with van der Waals surface area (Å²) in [6.45, 7) is 5.27. The number of nitro groups is 1. The second kappa shape index (κ2) is 4.31. The maximum atomic E-state index is 10.8. The van der Waals surface area contributed by atoms with Crippen molar-refractivity contribution in [3.8, 4) is 6.07 Å². The zero-order chi connectivity index (χ0) is 12.3. The van der Waals surface area contributed by atoms with Gasteiger partial charge in [-0.2, -0.15) is 5.26 Å². The second-order valence-electron chi connectivity index (χ2n) is 4.37. The van der Waals surface area contributed by atoms with E-state index >= 15 is 0 Å². The van der Waals surface area contributed by atoms with E-state index in [9.17, 15) is 10.1 Å². The molecule has 0 N–H and O–H groups in total. The molecule has 84 valence electrons. The molecule has 1 aromatic carbocycles. The monoisotopic (exact) mass is 218 g/mol. The number of nitriles is 1. The molecule has 0 amide bonds. The minimum atomic E-state index is -0.666. The van der Waals surface area contributed by atoms with Crippen molar-refractivity contribution in [2.24, 2.45) is 0 Å². The number of nitrogens with zero attached hydrogens (tertiary/aromatic N) is 2. The Morgan fingerprint density at radius 2 is 1.88 bits per heavy atom. The fourth-order valence-corrected chi connectivity index (χ4v) is 1.48. The van der Waals surface area contributed by atoms with Gasteiger partial charge in [0.1, 0.15) is 0 Å². The quantitative estimate of drug-likeness (QED) is 0.578. The summed E-state index contributed by atoms with van der Waals surface area (Å²) in [5.74, 6) is 0. The molecule has 0 spiro atoms. The lowest BCUT2D eigenvalue weighted by Gasteiger charge is -2.26. The Kier molecular flexibility index (Phi) is 3.28. The normalized spacial score (nSPS) is 12.9. The zero-order valence-corrected chi connectivity index (χ0v) is 9.60. The van der Waals surface area contributed by atoms with Crippen molar-refractivity contribution >= 4 is 0 Å². The largest absolute Gasteiger partial charge is 0.264 e. The molecule has 0 heterocycles. The van der Waals surface area contributed by atoms with Gasteiger partial charge in [-0.25, -0.2) is 0 Å². The van der Waals surface area contributed by atoms with Crippen molar-refractivity contribution in [1.29, 1.82) is 5.26 Å². The fourth-order valence-electron chi connectivity index (χ4n) is 1.48. The van der Waals surface area contributed by atoms with E-state index in [2.05, 4.69) is 0 Å². The molecule has 0 aliphatic carbocycles. The third kappa shape index (κ3) is 2.19. The Bertz CT molecular complexity index is 429. The van der Waals surface area contributed by atoms with Crippen LogP contribution in [-0.4, -0.2) is 11.0 Å². The highest BCUT2D eigenvalue weighted by atomic mass is 16.6. The molecule has 0 saturated heterocycles. The molecule has 16 heavy (non-hydrogen) atoms. The van der Waals surface area contributed by atoms with Crippen molar-refractivity contribution < 1.29 is 4.92 Å². The van der Waals surface area contributed by atoms with Gasteiger partial charge in [-0.3, -0.25) is 10.1 Å². The Hall–Kier alpha value is -1.89. The van der Waals surface area contributed by atoms with Crippen molar-refractivity contribution in [3.05, 3.63) is 45.5 Å². The van der Waals surface area contributed by atoms with Crippen LogP contribution in [0.15, 0.2) is 24.3 Å². The van der Waals surface area contributed by atoms with Crippen LogP contribution in [0.3, 0.4) is 0 Å². The summed E-state index contributed by atoms with van der Waals surface area (Å²) < 4.78 is 0. The number of benzene rings is 1. The fraction of sp³-hybridized carbons (Fsp3) is 0.417. The summed E-state index contributed by atoms with van der Waals surface area (Å²) in [5, 5.41) is 19.5. The van der Waals surface area contributed by atoms with E-state index in [1.807, 2.05) is 19.9 Å². The van der Waals surface area contributed by atoms with Crippen LogP contribution < -0.4 is 0 Å². The smallest absolute Gasteiger partial charge is 0.219 e. The molecule has 1 atom stereocenters. The lowest BCUT2D eigenvalue weighted by molar-refractivity contribution is -0.529. The van der Waals surface area contributed by atoms with Gasteiger partial charge >= 0.3 is 0 Å². The molecule has 1 unspecified atom stereocenters. The molecule has 4 nitrogen and oxygen atoms in total. The van der Waals surface area contributed by atoms with Crippen LogP contribution in [0.4, 0.5) is 0 Å². The van der Waals surface area contributed by atoms with E-state index < -0.39 is 11.5 Å². The highest BCUT2D eigenvalue weighted by Crippen LogP contribution is 2.28. The topological polar surface area (TPSA) is 66.9 Å². The predicted octanol–water partition coefficient (Wildman–Crippen LogP) is 2.50. The first-order chi connectivity index (χ1) is 7.39. The summed E-state index contributed by atoms with van der Waals surface area (Å²) in [6, 6.07) is 8.28. The highest BCUT2D eigenvalue weighted by molar-refractivity contribution is 5.35. The van der Waals surface area contributed by atoms with Gasteiger partial charge in [0, 0.05) is 11.8 Å². The number of hydrogen-bond donors (Lipinski definition) is 0. The second-order valence-corrected chi connectivity index (χ2v) is 4.37. The Labute approximate surface area is 94.7 Å². The maximum Gasteiger partial charge on any atom is 0.219 e. The van der Waals surface area contributed by atoms with Crippen LogP contribution in [0, 0.1) is 21.4 Å². The van der Waals surface area contributed by atoms with E-state index in [1.165, 1.54) is 0 Å². The minimum absolute atomic E-state index is 0.280.